The SMILES string of the molecule is CC1=C(C(=O)Nc2ccc(Br)cn2)C(c2cn(-c3ccccc3)nc2-c2ccc([N+](=O)[O-])cc2)n2ncnc2N1. The summed E-state index contributed by atoms with van der Waals surface area (Å²) in [6.07, 6.45) is 4.85. The molecule has 1 aliphatic heterocycles. The molecule has 1 amide bonds. The summed E-state index contributed by atoms with van der Waals surface area (Å²) >= 11 is 3.36. The van der Waals surface area contributed by atoms with Gasteiger partial charge in [0.1, 0.15) is 18.2 Å². The fourth-order valence-electron chi connectivity index (χ4n) is 4.57. The summed E-state index contributed by atoms with van der Waals surface area (Å²) in [4.78, 5) is 33.2. The highest BCUT2D eigenvalue weighted by atomic mass is 79.9. The number of para-hydroxylation sites is 1. The Hall–Kier alpha value is -5.17. The number of nitrogens with zero attached hydrogens (tertiary/aromatic N) is 7. The molecule has 1 atom stereocenters. The van der Waals surface area contributed by atoms with Crippen LogP contribution in [0.5, 0.6) is 0 Å². The van der Waals surface area contributed by atoms with E-state index in [1.807, 2.05) is 36.5 Å². The second kappa shape index (κ2) is 10.2. The molecule has 0 fully saturated rings. The van der Waals surface area contributed by atoms with Gasteiger partial charge in [0.2, 0.25) is 5.95 Å². The molecule has 0 radical (unpaired) electrons. The van der Waals surface area contributed by atoms with Crippen molar-refractivity contribution < 1.29 is 9.72 Å². The van der Waals surface area contributed by atoms with Crippen molar-refractivity contribution in [2.75, 3.05) is 10.6 Å². The maximum atomic E-state index is 13.8. The lowest BCUT2D eigenvalue weighted by Gasteiger charge is -2.28. The summed E-state index contributed by atoms with van der Waals surface area (Å²) in [6.45, 7) is 1.79. The summed E-state index contributed by atoms with van der Waals surface area (Å²) < 4.78 is 4.12. The molecule has 0 saturated heterocycles. The summed E-state index contributed by atoms with van der Waals surface area (Å²) in [5.74, 6) is 0.461. The molecule has 0 bridgehead atoms. The molecule has 12 nitrogen and oxygen atoms in total. The molecule has 0 saturated carbocycles. The molecular weight excluding hydrogens is 578 g/mol. The minimum absolute atomic E-state index is 0.0361. The lowest BCUT2D eigenvalue weighted by atomic mass is 9.93. The van der Waals surface area contributed by atoms with Crippen LogP contribution < -0.4 is 10.6 Å². The molecule has 6 rings (SSSR count). The second-order valence-corrected chi connectivity index (χ2v) is 9.84. The van der Waals surface area contributed by atoms with Crippen molar-refractivity contribution in [3.05, 3.63) is 117 Å². The van der Waals surface area contributed by atoms with Gasteiger partial charge in [0.05, 0.1) is 21.9 Å². The Balaban J connectivity index is 1.52. The van der Waals surface area contributed by atoms with Crippen LogP contribution in [-0.4, -0.2) is 40.4 Å². The molecule has 2 N–H and O–H groups in total. The van der Waals surface area contributed by atoms with Crippen LogP contribution in [0, 0.1) is 10.1 Å². The lowest BCUT2D eigenvalue weighted by Crippen LogP contribution is -2.31. The molecule has 5 aromatic rings. The van der Waals surface area contributed by atoms with E-state index < -0.39 is 11.0 Å². The Morgan fingerprint density at radius 1 is 1.07 bits per heavy atom. The second-order valence-electron chi connectivity index (χ2n) is 8.93. The first-order chi connectivity index (χ1) is 19.4. The van der Waals surface area contributed by atoms with E-state index in [-0.39, 0.29) is 11.6 Å². The number of hydrogen-bond donors (Lipinski definition) is 2. The molecule has 0 spiro atoms. The van der Waals surface area contributed by atoms with Gasteiger partial charge in [-0.05, 0) is 59.3 Å². The maximum absolute atomic E-state index is 13.8. The smallest absolute Gasteiger partial charge is 0.269 e. The van der Waals surface area contributed by atoms with Crippen LogP contribution in [0.1, 0.15) is 18.5 Å². The Labute approximate surface area is 235 Å². The van der Waals surface area contributed by atoms with Crippen molar-refractivity contribution in [1.29, 1.82) is 0 Å². The largest absolute Gasteiger partial charge is 0.328 e. The van der Waals surface area contributed by atoms with Gasteiger partial charge in [0, 0.05) is 45.8 Å². The number of carbonyl (C=O) groups excluding carboxylic acids is 1. The minimum atomic E-state index is -0.725. The highest BCUT2D eigenvalue weighted by molar-refractivity contribution is 9.10. The molecule has 1 unspecified atom stereocenters. The Bertz CT molecular complexity index is 1760. The third kappa shape index (κ3) is 4.62. The topological polar surface area (TPSA) is 146 Å². The molecule has 1 aliphatic rings. The van der Waals surface area contributed by atoms with E-state index in [0.717, 1.165) is 10.2 Å². The van der Waals surface area contributed by atoms with Gasteiger partial charge in [0.15, 0.2) is 0 Å². The molecule has 13 heteroatoms. The van der Waals surface area contributed by atoms with E-state index in [1.165, 1.54) is 18.5 Å². The van der Waals surface area contributed by atoms with Crippen LogP contribution in [0.4, 0.5) is 17.5 Å². The summed E-state index contributed by atoms with van der Waals surface area (Å²) in [6, 6.07) is 18.4. The molecule has 198 valence electrons. The predicted octanol–water partition coefficient (Wildman–Crippen LogP) is 5.12. The summed E-state index contributed by atoms with van der Waals surface area (Å²) in [7, 11) is 0. The van der Waals surface area contributed by atoms with Gasteiger partial charge in [0.25, 0.3) is 11.6 Å². The van der Waals surface area contributed by atoms with Gasteiger partial charge >= 0.3 is 0 Å². The van der Waals surface area contributed by atoms with E-state index in [0.29, 0.717) is 39.9 Å². The van der Waals surface area contributed by atoms with E-state index in [4.69, 9.17) is 5.10 Å². The van der Waals surface area contributed by atoms with E-state index >= 15 is 0 Å². The Morgan fingerprint density at radius 3 is 2.55 bits per heavy atom. The molecular formula is C27H20BrN9O3. The van der Waals surface area contributed by atoms with Crippen molar-refractivity contribution in [3.8, 4) is 16.9 Å². The number of fused-ring (bicyclic) bond motifs is 1. The van der Waals surface area contributed by atoms with Crippen LogP contribution in [0.2, 0.25) is 0 Å². The number of non-ortho nitro benzene ring substituents is 1. The highest BCUT2D eigenvalue weighted by Crippen LogP contribution is 2.40. The zero-order chi connectivity index (χ0) is 27.8. The van der Waals surface area contributed by atoms with Crippen LogP contribution in [0.15, 0.2) is 101 Å². The number of nitrogens with one attached hydrogen (secondary N) is 2. The molecule has 40 heavy (non-hydrogen) atoms. The zero-order valence-corrected chi connectivity index (χ0v) is 22.5. The number of carbonyl (C=O) groups is 1. The maximum Gasteiger partial charge on any atom is 0.269 e. The quantitative estimate of drug-likeness (QED) is 0.202. The van der Waals surface area contributed by atoms with Crippen LogP contribution >= 0.6 is 15.9 Å². The number of nitro groups is 1. The normalized spacial score (nSPS) is 14.4. The van der Waals surface area contributed by atoms with Gasteiger partial charge in [-0.3, -0.25) is 14.9 Å². The van der Waals surface area contributed by atoms with E-state index in [9.17, 15) is 14.9 Å². The number of anilines is 2. The predicted molar refractivity (Wildman–Crippen MR) is 151 cm³/mol. The monoisotopic (exact) mass is 597 g/mol. The number of halogens is 1. The molecule has 2 aromatic carbocycles. The van der Waals surface area contributed by atoms with Gasteiger partial charge in [-0.1, -0.05) is 18.2 Å². The standard InChI is InChI=1S/C27H20BrN9O3/c1-16-23(26(38)33-22-12-9-18(28)13-29-22)25(36-27(32-16)30-15-31-36)21-14-35(19-5-3-2-4-6-19)34-24(21)17-7-10-20(11-8-17)37(39)40/h2-15,25H,1H3,(H,29,33,38)(H,30,31,32). The van der Waals surface area contributed by atoms with Crippen LogP contribution in [-0.2, 0) is 4.79 Å². The number of benzene rings is 2. The number of amides is 1. The van der Waals surface area contributed by atoms with Crippen LogP contribution in [0.25, 0.3) is 16.9 Å². The van der Waals surface area contributed by atoms with Gasteiger partial charge in [-0.25, -0.2) is 14.3 Å². The Morgan fingerprint density at radius 2 is 1.85 bits per heavy atom. The van der Waals surface area contributed by atoms with Crippen molar-refractivity contribution in [2.24, 2.45) is 0 Å². The average molecular weight is 598 g/mol. The summed E-state index contributed by atoms with van der Waals surface area (Å²) in [5, 5.41) is 26.6. The third-order valence-corrected chi connectivity index (χ3v) is 6.89. The zero-order valence-electron chi connectivity index (χ0n) is 20.9. The number of allylic oxidation sites excluding steroid dienone is 1. The first kappa shape index (κ1) is 25.1. The van der Waals surface area contributed by atoms with Gasteiger partial charge in [-0.15, -0.1) is 0 Å². The molecule has 0 aliphatic carbocycles. The van der Waals surface area contributed by atoms with Gasteiger partial charge in [-0.2, -0.15) is 15.2 Å². The van der Waals surface area contributed by atoms with E-state index in [1.54, 1.807) is 46.7 Å². The first-order valence-electron chi connectivity index (χ1n) is 12.1. The number of aromatic nitrogens is 6. The fraction of sp³-hybridized carbons (Fsp3) is 0.0741. The molecule has 4 heterocycles. The first-order valence-corrected chi connectivity index (χ1v) is 12.9. The number of pyridine rings is 1. The average Bonchev–Trinajstić information content (AvgIpc) is 3.61. The number of nitro benzene ring substituents is 1. The van der Waals surface area contributed by atoms with Gasteiger partial charge < -0.3 is 10.6 Å². The Kier molecular flexibility index (Phi) is 6.40. The summed E-state index contributed by atoms with van der Waals surface area (Å²) in [5.41, 5.74) is 3.57. The molecule has 3 aromatic heterocycles. The lowest BCUT2D eigenvalue weighted by molar-refractivity contribution is -0.384. The minimum Gasteiger partial charge on any atom is -0.328 e. The number of rotatable bonds is 6. The highest BCUT2D eigenvalue weighted by Gasteiger charge is 2.36. The number of hydrogen-bond acceptors (Lipinski definition) is 8. The van der Waals surface area contributed by atoms with Crippen LogP contribution in [0.3, 0.4) is 0 Å². The fourth-order valence-corrected chi connectivity index (χ4v) is 4.81. The third-order valence-electron chi connectivity index (χ3n) is 6.42. The van der Waals surface area contributed by atoms with Crippen molar-refractivity contribution in [3.63, 3.8) is 0 Å². The van der Waals surface area contributed by atoms with E-state index in [2.05, 4.69) is 41.6 Å². The van der Waals surface area contributed by atoms with Crippen molar-refractivity contribution >= 4 is 39.3 Å². The van der Waals surface area contributed by atoms with Crippen molar-refractivity contribution in [1.82, 2.24) is 29.5 Å². The van der Waals surface area contributed by atoms with Crippen molar-refractivity contribution in [2.45, 2.75) is 13.0 Å².